The minimum Gasteiger partial charge on any atom is -0.391 e. The van der Waals surface area contributed by atoms with Gasteiger partial charge in [-0.15, -0.1) is 0 Å². The van der Waals surface area contributed by atoms with Crippen molar-refractivity contribution >= 4 is 68.2 Å². The highest BCUT2D eigenvalue weighted by Crippen LogP contribution is 2.33. The summed E-state index contributed by atoms with van der Waals surface area (Å²) < 4.78 is 0. The monoisotopic (exact) mass is 746 g/mol. The van der Waals surface area contributed by atoms with Crippen LogP contribution in [0.15, 0.2) is 59.1 Å². The van der Waals surface area contributed by atoms with E-state index in [2.05, 4.69) is 30.9 Å². The summed E-state index contributed by atoms with van der Waals surface area (Å²) in [5.74, 6) is 0.880. The van der Waals surface area contributed by atoms with Crippen molar-refractivity contribution in [1.82, 2.24) is 20.6 Å². The second kappa shape index (κ2) is 17.2. The molecule has 2 amide bonds. The van der Waals surface area contributed by atoms with Crippen LogP contribution >= 0.6 is 23.2 Å². The van der Waals surface area contributed by atoms with Gasteiger partial charge in [-0.05, 0) is 97.9 Å². The lowest BCUT2D eigenvalue weighted by Gasteiger charge is -2.25. The molecule has 2 aliphatic heterocycles. The fourth-order valence-electron chi connectivity index (χ4n) is 8.12. The SMILES string of the molecule is O=C(NCCc1c[nH]c2ccc(Cl)cc12)C1=NOC(C2CCCCC2)C1.O=C(NCCc1c[nH]c2ccc(Cl)cc12)C1=NOC(C2CCCCC2)C1. The number of aromatic nitrogens is 2. The lowest BCUT2D eigenvalue weighted by molar-refractivity contribution is -0.115. The first kappa shape index (κ1) is 36.3. The number of rotatable bonds is 10. The van der Waals surface area contributed by atoms with E-state index >= 15 is 0 Å². The molecule has 0 radical (unpaired) electrons. The van der Waals surface area contributed by atoms with Crippen molar-refractivity contribution < 1.29 is 19.3 Å². The topological polar surface area (TPSA) is 133 Å². The summed E-state index contributed by atoms with van der Waals surface area (Å²) in [6, 6.07) is 11.6. The number of carbonyl (C=O) groups is 2. The van der Waals surface area contributed by atoms with E-state index in [4.69, 9.17) is 32.9 Å². The van der Waals surface area contributed by atoms with Gasteiger partial charge in [-0.1, -0.05) is 72.0 Å². The highest BCUT2D eigenvalue weighted by molar-refractivity contribution is 6.39. The maximum Gasteiger partial charge on any atom is 0.269 e. The van der Waals surface area contributed by atoms with Crippen LogP contribution in [0.1, 0.15) is 88.2 Å². The first-order chi connectivity index (χ1) is 25.4. The fraction of sp³-hybridized carbons (Fsp3) is 0.500. The summed E-state index contributed by atoms with van der Waals surface area (Å²) in [6.07, 6.45) is 19.4. The summed E-state index contributed by atoms with van der Waals surface area (Å²) in [4.78, 5) is 42.3. The minimum atomic E-state index is -0.110. The van der Waals surface area contributed by atoms with Crippen LogP contribution < -0.4 is 10.6 Å². The third kappa shape index (κ3) is 8.94. The third-order valence-electron chi connectivity index (χ3n) is 11.1. The van der Waals surface area contributed by atoms with Crippen LogP contribution in [0, 0.1) is 11.8 Å². The van der Waals surface area contributed by atoms with Crippen molar-refractivity contribution in [2.75, 3.05) is 13.1 Å². The number of aromatic amines is 2. The number of nitrogens with zero attached hydrogens (tertiary/aromatic N) is 2. The second-order valence-corrected chi connectivity index (χ2v) is 15.5. The molecular formula is C40H48Cl2N6O4. The summed E-state index contributed by atoms with van der Waals surface area (Å²) >= 11 is 12.2. The molecule has 4 heterocycles. The predicted octanol–water partition coefficient (Wildman–Crippen LogP) is 8.41. The second-order valence-electron chi connectivity index (χ2n) is 14.6. The molecule has 2 aliphatic carbocycles. The van der Waals surface area contributed by atoms with Crippen molar-refractivity contribution in [3.05, 3.63) is 70.0 Å². The maximum atomic E-state index is 12.4. The van der Waals surface area contributed by atoms with E-state index in [1.165, 1.54) is 64.2 Å². The molecule has 2 aromatic carbocycles. The summed E-state index contributed by atoms with van der Waals surface area (Å²) in [7, 11) is 0. The Morgan fingerprint density at radius 3 is 1.50 bits per heavy atom. The van der Waals surface area contributed by atoms with E-state index in [0.29, 0.717) is 59.2 Å². The van der Waals surface area contributed by atoms with E-state index in [-0.39, 0.29) is 24.0 Å². The van der Waals surface area contributed by atoms with E-state index in [0.717, 1.165) is 45.8 Å². The Balaban J connectivity index is 0.000000162. The number of oxime groups is 2. The normalized spacial score (nSPS) is 20.8. The van der Waals surface area contributed by atoms with Gasteiger partial charge in [-0.3, -0.25) is 9.59 Å². The van der Waals surface area contributed by atoms with Crippen molar-refractivity contribution in [3.63, 3.8) is 0 Å². The van der Waals surface area contributed by atoms with Gasteiger partial charge in [0, 0.05) is 70.2 Å². The number of amides is 2. The predicted molar refractivity (Wildman–Crippen MR) is 207 cm³/mol. The van der Waals surface area contributed by atoms with Crippen molar-refractivity contribution in [2.24, 2.45) is 22.1 Å². The average Bonchev–Trinajstić information content (AvgIpc) is 4.00. The van der Waals surface area contributed by atoms with Gasteiger partial charge >= 0.3 is 0 Å². The zero-order valence-corrected chi connectivity index (χ0v) is 31.0. The van der Waals surface area contributed by atoms with Crippen molar-refractivity contribution in [1.29, 1.82) is 0 Å². The van der Waals surface area contributed by atoms with Gasteiger partial charge in [-0.2, -0.15) is 0 Å². The summed E-state index contributed by atoms with van der Waals surface area (Å²) in [5.41, 5.74) is 5.46. The van der Waals surface area contributed by atoms with E-state index in [9.17, 15) is 9.59 Å². The molecule has 10 nitrogen and oxygen atoms in total. The Kier molecular flexibility index (Phi) is 12.0. The molecule has 4 aromatic rings. The zero-order chi connectivity index (χ0) is 35.9. The fourth-order valence-corrected chi connectivity index (χ4v) is 8.46. The Labute approximate surface area is 314 Å². The molecule has 0 spiro atoms. The molecule has 0 bridgehead atoms. The molecule has 0 saturated heterocycles. The Morgan fingerprint density at radius 1 is 0.654 bits per heavy atom. The molecular weight excluding hydrogens is 699 g/mol. The van der Waals surface area contributed by atoms with Crippen LogP contribution in [0.2, 0.25) is 10.0 Å². The Bertz CT molecular complexity index is 1790. The summed E-state index contributed by atoms with van der Waals surface area (Å²) in [6.45, 7) is 1.12. The van der Waals surface area contributed by atoms with Gasteiger partial charge in [0.15, 0.2) is 0 Å². The van der Waals surface area contributed by atoms with Crippen LogP contribution in [0.25, 0.3) is 21.8 Å². The van der Waals surface area contributed by atoms with Gasteiger partial charge in [0.25, 0.3) is 11.8 Å². The first-order valence-electron chi connectivity index (χ1n) is 18.9. The van der Waals surface area contributed by atoms with Crippen molar-refractivity contribution in [2.45, 2.75) is 102 Å². The average molecular weight is 748 g/mol. The molecule has 2 unspecified atom stereocenters. The van der Waals surface area contributed by atoms with Crippen molar-refractivity contribution in [3.8, 4) is 0 Å². The zero-order valence-electron chi connectivity index (χ0n) is 29.5. The molecule has 8 rings (SSSR count). The lowest BCUT2D eigenvalue weighted by Crippen LogP contribution is -2.33. The molecule has 2 saturated carbocycles. The smallest absolute Gasteiger partial charge is 0.269 e. The maximum absolute atomic E-state index is 12.4. The molecule has 2 fully saturated rings. The van der Waals surface area contributed by atoms with Crippen LogP contribution in [0.5, 0.6) is 0 Å². The molecule has 4 aliphatic rings. The van der Waals surface area contributed by atoms with Gasteiger partial charge in [0.2, 0.25) is 0 Å². The number of fused-ring (bicyclic) bond motifs is 2. The van der Waals surface area contributed by atoms with E-state index in [1.807, 2.05) is 48.8 Å². The number of halogens is 2. The van der Waals surface area contributed by atoms with E-state index in [1.54, 1.807) is 0 Å². The highest BCUT2D eigenvalue weighted by atomic mass is 35.5. The molecule has 276 valence electrons. The lowest BCUT2D eigenvalue weighted by atomic mass is 9.84. The molecule has 52 heavy (non-hydrogen) atoms. The van der Waals surface area contributed by atoms with Gasteiger partial charge in [-0.25, -0.2) is 0 Å². The number of H-pyrrole nitrogens is 2. The minimum absolute atomic E-state index is 0.0896. The van der Waals surface area contributed by atoms with Gasteiger partial charge in [0.1, 0.15) is 23.6 Å². The third-order valence-corrected chi connectivity index (χ3v) is 11.6. The van der Waals surface area contributed by atoms with Crippen LogP contribution in [0.3, 0.4) is 0 Å². The number of carbonyl (C=O) groups excluding carboxylic acids is 2. The molecule has 2 aromatic heterocycles. The van der Waals surface area contributed by atoms with Gasteiger partial charge in [0.05, 0.1) is 0 Å². The first-order valence-corrected chi connectivity index (χ1v) is 19.7. The molecule has 4 N–H and O–H groups in total. The summed E-state index contributed by atoms with van der Waals surface area (Å²) in [5, 5.41) is 17.7. The van der Waals surface area contributed by atoms with Crippen LogP contribution in [-0.2, 0) is 32.1 Å². The number of hydrogen-bond donors (Lipinski definition) is 4. The van der Waals surface area contributed by atoms with Crippen LogP contribution in [-0.4, -0.2) is 58.5 Å². The molecule has 2 atom stereocenters. The number of hydrogen-bond acceptors (Lipinski definition) is 6. The Morgan fingerprint density at radius 2 is 1.08 bits per heavy atom. The standard InChI is InChI=1S/2C20H24ClN3O2/c2*21-15-6-7-17-16(10-15)14(12-23-17)8-9-22-20(25)18-11-19(26-24-18)13-4-2-1-3-5-13/h2*6-7,10,12-13,19,23H,1-5,8-9,11H2,(H,22,25). The number of benzene rings is 2. The molecule has 12 heteroatoms. The quantitative estimate of drug-likeness (QED) is 0.130. The highest BCUT2D eigenvalue weighted by Gasteiger charge is 2.34. The largest absolute Gasteiger partial charge is 0.391 e. The van der Waals surface area contributed by atoms with E-state index < -0.39 is 0 Å². The number of nitrogens with one attached hydrogen (secondary N) is 4. The van der Waals surface area contributed by atoms with Crippen LogP contribution in [0.4, 0.5) is 0 Å². The Hall–Kier alpha value is -4.02. The van der Waals surface area contributed by atoms with Gasteiger partial charge < -0.3 is 30.3 Å².